The zero-order valence-electron chi connectivity index (χ0n) is 6.71. The van der Waals surface area contributed by atoms with Gasteiger partial charge in [0, 0.05) is 12.7 Å². The number of hydrogen-bond donors (Lipinski definition) is 0. The molecule has 1 rings (SSSR count). The van der Waals surface area contributed by atoms with E-state index in [9.17, 15) is 4.79 Å². The molecule has 0 aliphatic heterocycles. The van der Waals surface area contributed by atoms with Gasteiger partial charge in [-0.15, -0.1) is 0 Å². The van der Waals surface area contributed by atoms with Crippen LogP contribution in [0.25, 0.3) is 0 Å². The monoisotopic (exact) mass is 186 g/mol. The molecule has 0 atom stereocenters. The van der Waals surface area contributed by atoms with Gasteiger partial charge in [0.15, 0.2) is 0 Å². The highest BCUT2D eigenvalue weighted by atomic mass is 35.5. The summed E-state index contributed by atoms with van der Waals surface area (Å²) >= 11 is 5.62. The van der Waals surface area contributed by atoms with Gasteiger partial charge in [0.2, 0.25) is 0 Å². The first-order chi connectivity index (χ1) is 5.74. The van der Waals surface area contributed by atoms with E-state index >= 15 is 0 Å². The number of nitrogens with zero attached hydrogens (tertiary/aromatic N) is 1. The smallest absolute Gasteiger partial charge is 0.253 e. The van der Waals surface area contributed by atoms with E-state index in [4.69, 9.17) is 16.3 Å². The predicted molar refractivity (Wildman–Crippen MR) is 46.2 cm³/mol. The molecule has 0 saturated heterocycles. The molecule has 1 aromatic rings. The van der Waals surface area contributed by atoms with Crippen LogP contribution in [0.2, 0.25) is 5.02 Å². The molecule has 0 bridgehead atoms. The Kier molecular flexibility index (Phi) is 3.31. The lowest BCUT2D eigenvalue weighted by atomic mass is 10.5. The molecule has 0 amide bonds. The minimum atomic E-state index is -0.159. The van der Waals surface area contributed by atoms with E-state index in [0.29, 0.717) is 11.6 Å². The molecule has 4 heteroatoms. The largest absolute Gasteiger partial charge is 0.361 e. The van der Waals surface area contributed by atoms with Crippen LogP contribution >= 0.6 is 11.6 Å². The fourth-order valence-electron chi connectivity index (χ4n) is 0.734. The summed E-state index contributed by atoms with van der Waals surface area (Å²) in [4.78, 5) is 11.1. The molecule has 0 aromatic carbocycles. The van der Waals surface area contributed by atoms with Gasteiger partial charge in [0.25, 0.3) is 5.56 Å². The quantitative estimate of drug-likeness (QED) is 0.713. The fourth-order valence-corrected chi connectivity index (χ4v) is 0.899. The van der Waals surface area contributed by atoms with Gasteiger partial charge in [-0.05, 0) is 13.0 Å². The van der Waals surface area contributed by atoms with Crippen molar-refractivity contribution in [1.82, 2.24) is 4.57 Å². The summed E-state index contributed by atoms with van der Waals surface area (Å²) in [6.45, 7) is 2.62. The Morgan fingerprint density at radius 1 is 1.67 bits per heavy atom. The van der Waals surface area contributed by atoms with Gasteiger partial charge in [-0.1, -0.05) is 11.6 Å². The summed E-state index contributed by atoms with van der Waals surface area (Å²) in [7, 11) is 0. The third kappa shape index (κ3) is 2.36. The minimum Gasteiger partial charge on any atom is -0.361 e. The van der Waals surface area contributed by atoms with Crippen molar-refractivity contribution in [3.63, 3.8) is 0 Å². The SMILES string of the molecule is CCOCn1[c]c(Cl)ccc1=O. The average Bonchev–Trinajstić information content (AvgIpc) is 2.07. The average molecular weight is 187 g/mol. The van der Waals surface area contributed by atoms with Gasteiger partial charge in [0.1, 0.15) is 6.73 Å². The van der Waals surface area contributed by atoms with Crippen molar-refractivity contribution in [3.05, 3.63) is 33.7 Å². The number of pyridine rings is 1. The van der Waals surface area contributed by atoms with Gasteiger partial charge in [0.05, 0.1) is 11.2 Å². The Bertz CT molecular complexity index is 308. The fraction of sp³-hybridized carbons (Fsp3) is 0.375. The Balaban J connectivity index is 2.83. The van der Waals surface area contributed by atoms with E-state index in [-0.39, 0.29) is 12.3 Å². The van der Waals surface area contributed by atoms with Crippen LogP contribution in [-0.4, -0.2) is 11.2 Å². The Morgan fingerprint density at radius 2 is 2.42 bits per heavy atom. The third-order valence-electron chi connectivity index (χ3n) is 1.30. The van der Waals surface area contributed by atoms with Gasteiger partial charge in [-0.2, -0.15) is 0 Å². The highest BCUT2D eigenvalue weighted by molar-refractivity contribution is 6.30. The molecule has 1 radical (unpaired) electrons. The lowest BCUT2D eigenvalue weighted by Gasteiger charge is -2.03. The molecule has 1 aromatic heterocycles. The Hall–Kier alpha value is -0.800. The van der Waals surface area contributed by atoms with Crippen LogP contribution in [0.4, 0.5) is 0 Å². The first kappa shape index (κ1) is 9.29. The first-order valence-electron chi connectivity index (χ1n) is 3.60. The number of rotatable bonds is 3. The van der Waals surface area contributed by atoms with E-state index in [1.165, 1.54) is 16.7 Å². The zero-order valence-corrected chi connectivity index (χ0v) is 7.47. The number of halogens is 1. The second kappa shape index (κ2) is 4.28. The zero-order chi connectivity index (χ0) is 8.97. The highest BCUT2D eigenvalue weighted by Gasteiger charge is 1.96. The van der Waals surface area contributed by atoms with Gasteiger partial charge >= 0.3 is 0 Å². The summed E-state index contributed by atoms with van der Waals surface area (Å²) in [5.74, 6) is 0. The normalized spacial score (nSPS) is 10.2. The molecule has 0 N–H and O–H groups in total. The third-order valence-corrected chi connectivity index (χ3v) is 1.52. The minimum absolute atomic E-state index is 0.159. The van der Waals surface area contributed by atoms with E-state index < -0.39 is 0 Å². The molecule has 0 spiro atoms. The van der Waals surface area contributed by atoms with Crippen LogP contribution in [0.3, 0.4) is 0 Å². The first-order valence-corrected chi connectivity index (χ1v) is 3.98. The van der Waals surface area contributed by atoms with Gasteiger partial charge < -0.3 is 4.74 Å². The molecule has 3 nitrogen and oxygen atoms in total. The predicted octanol–water partition coefficient (Wildman–Crippen LogP) is 1.30. The van der Waals surface area contributed by atoms with Crippen molar-refractivity contribution in [2.75, 3.05) is 6.61 Å². The lowest BCUT2D eigenvalue weighted by Crippen LogP contribution is -2.19. The van der Waals surface area contributed by atoms with E-state index in [1.807, 2.05) is 6.92 Å². The molecular formula is C8H9ClNO2. The van der Waals surface area contributed by atoms with Gasteiger partial charge in [-0.25, -0.2) is 0 Å². The van der Waals surface area contributed by atoms with E-state index in [1.54, 1.807) is 0 Å². The maximum Gasteiger partial charge on any atom is 0.253 e. The van der Waals surface area contributed by atoms with Crippen molar-refractivity contribution in [1.29, 1.82) is 0 Å². The summed E-state index contributed by atoms with van der Waals surface area (Å²) in [5.41, 5.74) is -0.159. The van der Waals surface area contributed by atoms with Crippen molar-refractivity contribution in [3.8, 4) is 0 Å². The molecular weight excluding hydrogens is 178 g/mol. The molecule has 0 aliphatic rings. The van der Waals surface area contributed by atoms with Crippen molar-refractivity contribution >= 4 is 11.6 Å². The molecule has 0 saturated carbocycles. The molecule has 0 unspecified atom stereocenters. The van der Waals surface area contributed by atoms with Crippen molar-refractivity contribution in [2.45, 2.75) is 13.7 Å². The maximum absolute atomic E-state index is 11.1. The van der Waals surface area contributed by atoms with Crippen LogP contribution in [0, 0.1) is 6.20 Å². The second-order valence-electron chi connectivity index (χ2n) is 2.18. The molecule has 1 heterocycles. The number of hydrogen-bond acceptors (Lipinski definition) is 2. The van der Waals surface area contributed by atoms with Crippen LogP contribution in [0.15, 0.2) is 16.9 Å². The lowest BCUT2D eigenvalue weighted by molar-refractivity contribution is 0.0848. The van der Waals surface area contributed by atoms with Crippen molar-refractivity contribution in [2.24, 2.45) is 0 Å². The Labute approximate surface area is 75.5 Å². The van der Waals surface area contributed by atoms with Crippen LogP contribution in [0.5, 0.6) is 0 Å². The number of ether oxygens (including phenoxy) is 1. The summed E-state index contributed by atoms with van der Waals surface area (Å²) < 4.78 is 6.33. The van der Waals surface area contributed by atoms with Crippen molar-refractivity contribution < 1.29 is 4.74 Å². The van der Waals surface area contributed by atoms with Crippen LogP contribution < -0.4 is 5.56 Å². The number of aromatic nitrogens is 1. The highest BCUT2D eigenvalue weighted by Crippen LogP contribution is 2.01. The summed E-state index contributed by atoms with van der Waals surface area (Å²) in [6, 6.07) is 2.89. The molecule has 0 aliphatic carbocycles. The second-order valence-corrected chi connectivity index (χ2v) is 2.59. The van der Waals surface area contributed by atoms with Crippen LogP contribution in [0.1, 0.15) is 6.92 Å². The molecule has 65 valence electrons. The summed E-state index contributed by atoms with van der Waals surface area (Å²) in [5, 5.41) is 0.411. The Morgan fingerprint density at radius 3 is 3.08 bits per heavy atom. The maximum atomic E-state index is 11.1. The molecule has 0 fully saturated rings. The van der Waals surface area contributed by atoms with E-state index in [0.717, 1.165) is 0 Å². The van der Waals surface area contributed by atoms with E-state index in [2.05, 4.69) is 6.20 Å². The molecule has 12 heavy (non-hydrogen) atoms. The standard InChI is InChI=1S/C8H9ClNO2/c1-2-12-6-10-5-7(9)3-4-8(10)11/h3-4H,2,6H2,1H3. The summed E-state index contributed by atoms with van der Waals surface area (Å²) in [6.07, 6.45) is 2.65. The van der Waals surface area contributed by atoms with Crippen LogP contribution in [-0.2, 0) is 11.5 Å². The van der Waals surface area contributed by atoms with Gasteiger partial charge in [-0.3, -0.25) is 9.36 Å². The topological polar surface area (TPSA) is 31.2 Å².